The second-order valence-electron chi connectivity index (χ2n) is 3.71. The maximum absolute atomic E-state index is 11.2. The van der Waals surface area contributed by atoms with E-state index in [1.165, 1.54) is 0 Å². The molecule has 1 saturated heterocycles. The molecule has 1 aliphatic heterocycles. The van der Waals surface area contributed by atoms with Gasteiger partial charge in [0, 0.05) is 4.91 Å². The van der Waals surface area contributed by atoms with Gasteiger partial charge in [0.05, 0.1) is 6.61 Å². The number of carbonyl (C=O) groups is 1. The van der Waals surface area contributed by atoms with Gasteiger partial charge in [-0.15, -0.1) is 0 Å². The topological polar surface area (TPSA) is 168 Å². The standard InChI is InChI=1S/C8H14N4O6/c9-12-10-1-4(14)11-5-7(16)6(15)3(2-13)18-8(5)17/h3,5-8,13,15-17H,1-2H2,(H,11,14)/t3?,5-,6?,7?,8?/m1/s1. The molecule has 4 unspecified atom stereocenters. The van der Waals surface area contributed by atoms with Gasteiger partial charge >= 0.3 is 0 Å². The minimum Gasteiger partial charge on any atom is -0.394 e. The number of ether oxygens (including phenoxy) is 1. The summed E-state index contributed by atoms with van der Waals surface area (Å²) < 4.78 is 4.81. The predicted molar refractivity (Wildman–Crippen MR) is 55.9 cm³/mol. The molecule has 1 aliphatic rings. The highest BCUT2D eigenvalue weighted by Crippen LogP contribution is 2.19. The second kappa shape index (κ2) is 6.50. The molecule has 0 spiro atoms. The number of aliphatic hydroxyl groups is 4. The molecule has 10 nitrogen and oxygen atoms in total. The van der Waals surface area contributed by atoms with Crippen molar-refractivity contribution >= 4 is 5.91 Å². The molecule has 102 valence electrons. The zero-order chi connectivity index (χ0) is 13.7. The van der Waals surface area contributed by atoms with Crippen molar-refractivity contribution in [1.29, 1.82) is 0 Å². The second-order valence-corrected chi connectivity index (χ2v) is 3.71. The molecule has 1 rings (SSSR count). The van der Waals surface area contributed by atoms with Crippen molar-refractivity contribution in [3.63, 3.8) is 0 Å². The number of aliphatic hydroxyl groups excluding tert-OH is 4. The molecule has 10 heteroatoms. The van der Waals surface area contributed by atoms with Crippen LogP contribution in [0, 0.1) is 0 Å². The first-order valence-corrected chi connectivity index (χ1v) is 5.12. The number of carbonyl (C=O) groups excluding carboxylic acids is 1. The SMILES string of the molecule is [N-]=[N+]=NCC(=O)N[C@H]1C(O)OC(CO)C(O)C1O. The van der Waals surface area contributed by atoms with Crippen molar-refractivity contribution in [2.24, 2.45) is 5.11 Å². The van der Waals surface area contributed by atoms with Gasteiger partial charge in [-0.25, -0.2) is 0 Å². The third kappa shape index (κ3) is 3.29. The fourth-order valence-electron chi connectivity index (χ4n) is 1.58. The minimum atomic E-state index is -1.59. The summed E-state index contributed by atoms with van der Waals surface area (Å²) in [6.07, 6.45) is -5.69. The number of hydrogen-bond acceptors (Lipinski definition) is 7. The summed E-state index contributed by atoms with van der Waals surface area (Å²) in [5, 5.41) is 42.7. The Morgan fingerprint density at radius 3 is 2.61 bits per heavy atom. The van der Waals surface area contributed by atoms with Crippen LogP contribution in [0.3, 0.4) is 0 Å². The Hall–Kier alpha value is -1.42. The van der Waals surface area contributed by atoms with Crippen LogP contribution < -0.4 is 5.32 Å². The highest BCUT2D eigenvalue weighted by atomic mass is 16.6. The maximum atomic E-state index is 11.2. The molecule has 0 aromatic rings. The van der Waals surface area contributed by atoms with Gasteiger partial charge in [0.1, 0.15) is 30.9 Å². The minimum absolute atomic E-state index is 0.508. The molecule has 1 heterocycles. The molecular weight excluding hydrogens is 248 g/mol. The lowest BCUT2D eigenvalue weighted by atomic mass is 9.97. The summed E-state index contributed by atoms with van der Waals surface area (Å²) in [6, 6.07) is -1.27. The van der Waals surface area contributed by atoms with E-state index in [1.807, 2.05) is 0 Å². The average Bonchev–Trinajstić information content (AvgIpc) is 2.36. The zero-order valence-corrected chi connectivity index (χ0v) is 9.25. The number of hydrogen-bond donors (Lipinski definition) is 5. The Bertz CT molecular complexity index is 346. The Kier molecular flexibility index (Phi) is 5.28. The zero-order valence-electron chi connectivity index (χ0n) is 9.25. The Morgan fingerprint density at radius 2 is 2.06 bits per heavy atom. The molecule has 5 N–H and O–H groups in total. The van der Waals surface area contributed by atoms with E-state index in [1.54, 1.807) is 0 Å². The van der Waals surface area contributed by atoms with E-state index in [-0.39, 0.29) is 0 Å². The maximum Gasteiger partial charge on any atom is 0.226 e. The molecule has 5 atom stereocenters. The molecule has 0 aromatic heterocycles. The van der Waals surface area contributed by atoms with Gasteiger partial charge in [-0.2, -0.15) is 0 Å². The third-order valence-electron chi connectivity index (χ3n) is 2.51. The number of azide groups is 1. The lowest BCUT2D eigenvalue weighted by Gasteiger charge is -2.40. The van der Waals surface area contributed by atoms with E-state index < -0.39 is 49.7 Å². The van der Waals surface area contributed by atoms with Gasteiger partial charge in [0.15, 0.2) is 6.29 Å². The number of amides is 1. The van der Waals surface area contributed by atoms with Gasteiger partial charge in [-0.1, -0.05) is 5.11 Å². The fraction of sp³-hybridized carbons (Fsp3) is 0.875. The summed E-state index contributed by atoms with van der Waals surface area (Å²) >= 11 is 0. The van der Waals surface area contributed by atoms with Crippen LogP contribution in [-0.4, -0.2) is 70.1 Å². The van der Waals surface area contributed by atoms with Crippen molar-refractivity contribution in [1.82, 2.24) is 5.32 Å². The Morgan fingerprint density at radius 1 is 1.39 bits per heavy atom. The summed E-state index contributed by atoms with van der Waals surface area (Å²) in [5.41, 5.74) is 8.02. The first-order chi connectivity index (χ1) is 8.51. The monoisotopic (exact) mass is 262 g/mol. The van der Waals surface area contributed by atoms with Crippen molar-refractivity contribution in [3.8, 4) is 0 Å². The van der Waals surface area contributed by atoms with Crippen LogP contribution in [0.15, 0.2) is 5.11 Å². The van der Waals surface area contributed by atoms with Crippen molar-refractivity contribution in [3.05, 3.63) is 10.4 Å². The normalized spacial score (nSPS) is 35.7. The first-order valence-electron chi connectivity index (χ1n) is 5.12. The predicted octanol–water partition coefficient (Wildman–Crippen LogP) is -2.79. The highest BCUT2D eigenvalue weighted by molar-refractivity contribution is 5.78. The van der Waals surface area contributed by atoms with Gasteiger partial charge in [0.2, 0.25) is 5.91 Å². The van der Waals surface area contributed by atoms with Gasteiger partial charge < -0.3 is 30.5 Å². The molecule has 0 aromatic carbocycles. The summed E-state index contributed by atoms with van der Waals surface area (Å²) in [4.78, 5) is 13.6. The molecule has 0 radical (unpaired) electrons. The van der Waals surface area contributed by atoms with E-state index in [4.69, 9.17) is 15.4 Å². The van der Waals surface area contributed by atoms with Crippen LogP contribution >= 0.6 is 0 Å². The van der Waals surface area contributed by atoms with E-state index in [0.717, 1.165) is 0 Å². The van der Waals surface area contributed by atoms with Crippen LogP contribution in [0.2, 0.25) is 0 Å². The van der Waals surface area contributed by atoms with Crippen LogP contribution in [0.5, 0.6) is 0 Å². The van der Waals surface area contributed by atoms with E-state index in [9.17, 15) is 20.1 Å². The first kappa shape index (κ1) is 14.6. The van der Waals surface area contributed by atoms with Crippen molar-refractivity contribution in [2.45, 2.75) is 30.6 Å². The average molecular weight is 262 g/mol. The summed E-state index contributed by atoms with van der Waals surface area (Å²) in [7, 11) is 0. The van der Waals surface area contributed by atoms with E-state index in [0.29, 0.717) is 0 Å². The fourth-order valence-corrected chi connectivity index (χ4v) is 1.58. The largest absolute Gasteiger partial charge is 0.394 e. The Labute approximate surface area is 101 Å². The molecule has 0 saturated carbocycles. The van der Waals surface area contributed by atoms with Gasteiger partial charge in [0.25, 0.3) is 0 Å². The summed E-state index contributed by atoms with van der Waals surface area (Å²) in [5.74, 6) is -0.742. The summed E-state index contributed by atoms with van der Waals surface area (Å²) in [6.45, 7) is -1.10. The third-order valence-corrected chi connectivity index (χ3v) is 2.51. The van der Waals surface area contributed by atoms with E-state index in [2.05, 4.69) is 15.3 Å². The lowest BCUT2D eigenvalue weighted by Crippen LogP contribution is -2.64. The van der Waals surface area contributed by atoms with Crippen LogP contribution in [-0.2, 0) is 9.53 Å². The Balaban J connectivity index is 2.64. The lowest BCUT2D eigenvalue weighted by molar-refractivity contribution is -0.253. The van der Waals surface area contributed by atoms with Crippen LogP contribution in [0.25, 0.3) is 10.4 Å². The van der Waals surface area contributed by atoms with E-state index >= 15 is 0 Å². The highest BCUT2D eigenvalue weighted by Gasteiger charge is 2.44. The molecule has 18 heavy (non-hydrogen) atoms. The van der Waals surface area contributed by atoms with Crippen LogP contribution in [0.4, 0.5) is 0 Å². The molecule has 1 fully saturated rings. The number of nitrogens with zero attached hydrogens (tertiary/aromatic N) is 3. The molecule has 0 bridgehead atoms. The van der Waals surface area contributed by atoms with Crippen molar-refractivity contribution in [2.75, 3.05) is 13.2 Å². The molecule has 1 amide bonds. The molecule has 0 aliphatic carbocycles. The number of rotatable bonds is 4. The van der Waals surface area contributed by atoms with Crippen molar-refractivity contribution < 1.29 is 30.0 Å². The molecular formula is C8H14N4O6. The smallest absolute Gasteiger partial charge is 0.226 e. The quantitative estimate of drug-likeness (QED) is 0.208. The van der Waals surface area contributed by atoms with Crippen LogP contribution in [0.1, 0.15) is 0 Å². The van der Waals surface area contributed by atoms with Gasteiger partial charge in [-0.05, 0) is 5.53 Å². The van der Waals surface area contributed by atoms with Gasteiger partial charge in [-0.3, -0.25) is 4.79 Å². The number of nitrogens with one attached hydrogen (secondary N) is 1.